The van der Waals surface area contributed by atoms with E-state index in [4.69, 9.17) is 14.2 Å². The first-order valence-electron chi connectivity index (χ1n) is 31.8. The number of hydrogen-bond donors (Lipinski definition) is 0. The summed E-state index contributed by atoms with van der Waals surface area (Å²) in [7, 11) is 0. The standard InChI is InChI=1S/C72H116O6/c1-4-7-10-13-16-19-22-25-27-28-29-30-31-32-33-34-35-36-37-38-39-40-41-42-43-44-46-47-50-53-56-59-62-65-71(74)77-68-69(67-76-70(73)64-61-58-55-52-49-24-21-18-15-12-9-6-3)78-72(75)66-63-60-57-54-51-48-45-26-23-20-17-14-11-8-5-2/h7-8,10-11,16-17,19-20,25-27,29-30,32-33,35-36,38-39,45,51,54,60,63,69H,4-6,9,12-15,18,21-24,28,31,34,37,40-44,46-50,52-53,55-59,61-62,64-68H2,1-3H3/b10-7-,11-8-,19-16-,20-17-,27-25-,30-29-,33-32-,36-35-,39-38-,45-26-,54-51-,63-60-. The van der Waals surface area contributed by atoms with Gasteiger partial charge in [0.05, 0.1) is 6.42 Å². The maximum Gasteiger partial charge on any atom is 0.310 e. The Labute approximate surface area is 480 Å². The maximum atomic E-state index is 12.8. The number of carbonyl (C=O) groups is 3. The van der Waals surface area contributed by atoms with Crippen molar-refractivity contribution >= 4 is 17.9 Å². The predicted octanol–water partition coefficient (Wildman–Crippen LogP) is 21.9. The van der Waals surface area contributed by atoms with Crippen LogP contribution in [0.15, 0.2) is 146 Å². The highest BCUT2D eigenvalue weighted by Gasteiger charge is 2.19. The molecule has 0 aromatic heterocycles. The van der Waals surface area contributed by atoms with E-state index in [2.05, 4.69) is 154 Å². The highest BCUT2D eigenvalue weighted by molar-refractivity contribution is 5.72. The van der Waals surface area contributed by atoms with E-state index in [-0.39, 0.29) is 31.6 Å². The molecule has 0 radical (unpaired) electrons. The first kappa shape index (κ1) is 73.3. The molecule has 440 valence electrons. The van der Waals surface area contributed by atoms with Crippen LogP contribution in [0.3, 0.4) is 0 Å². The summed E-state index contributed by atoms with van der Waals surface area (Å²) in [5.41, 5.74) is 0. The molecule has 78 heavy (non-hydrogen) atoms. The van der Waals surface area contributed by atoms with Gasteiger partial charge in [-0.1, -0.05) is 295 Å². The van der Waals surface area contributed by atoms with Crippen LogP contribution in [0.25, 0.3) is 0 Å². The van der Waals surface area contributed by atoms with Crippen LogP contribution in [0.2, 0.25) is 0 Å². The molecule has 0 saturated carbocycles. The number of allylic oxidation sites excluding steroid dienone is 23. The van der Waals surface area contributed by atoms with Crippen molar-refractivity contribution in [3.63, 3.8) is 0 Å². The number of rotatable bonds is 56. The van der Waals surface area contributed by atoms with Gasteiger partial charge in [-0.2, -0.15) is 0 Å². The molecular formula is C72H116O6. The lowest BCUT2D eigenvalue weighted by Gasteiger charge is -2.18. The zero-order chi connectivity index (χ0) is 56.4. The summed E-state index contributed by atoms with van der Waals surface area (Å²) >= 11 is 0. The third kappa shape index (κ3) is 62.1. The van der Waals surface area contributed by atoms with Crippen LogP contribution in [0, 0.1) is 0 Å². The Morgan fingerprint density at radius 1 is 0.282 bits per heavy atom. The van der Waals surface area contributed by atoms with E-state index in [0.717, 1.165) is 116 Å². The fourth-order valence-electron chi connectivity index (χ4n) is 8.44. The van der Waals surface area contributed by atoms with E-state index in [1.807, 2.05) is 6.08 Å². The van der Waals surface area contributed by atoms with Crippen LogP contribution in [-0.2, 0) is 28.6 Å². The van der Waals surface area contributed by atoms with Gasteiger partial charge in [-0.3, -0.25) is 14.4 Å². The fourth-order valence-corrected chi connectivity index (χ4v) is 8.44. The Bertz CT molecular complexity index is 1710. The van der Waals surface area contributed by atoms with Crippen LogP contribution in [0.5, 0.6) is 0 Å². The van der Waals surface area contributed by atoms with E-state index < -0.39 is 12.1 Å². The van der Waals surface area contributed by atoms with Crippen molar-refractivity contribution in [3.8, 4) is 0 Å². The quantitative estimate of drug-likeness (QED) is 0.0261. The largest absolute Gasteiger partial charge is 0.462 e. The van der Waals surface area contributed by atoms with Gasteiger partial charge in [-0.15, -0.1) is 0 Å². The predicted molar refractivity (Wildman–Crippen MR) is 339 cm³/mol. The van der Waals surface area contributed by atoms with Crippen LogP contribution < -0.4 is 0 Å². The van der Waals surface area contributed by atoms with Gasteiger partial charge in [0, 0.05) is 12.8 Å². The first-order valence-corrected chi connectivity index (χ1v) is 31.8. The van der Waals surface area contributed by atoms with Gasteiger partial charge >= 0.3 is 17.9 Å². The Kier molecular flexibility index (Phi) is 60.9. The molecule has 0 aliphatic carbocycles. The molecule has 0 bridgehead atoms. The minimum absolute atomic E-state index is 0.0932. The normalized spacial score (nSPS) is 13.1. The number of unbranched alkanes of at least 4 members (excludes halogenated alkanes) is 22. The summed E-state index contributed by atoms with van der Waals surface area (Å²) < 4.78 is 16.8. The summed E-state index contributed by atoms with van der Waals surface area (Å²) in [4.78, 5) is 38.1. The second kappa shape index (κ2) is 64.8. The van der Waals surface area contributed by atoms with Crippen molar-refractivity contribution in [1.82, 2.24) is 0 Å². The summed E-state index contributed by atoms with van der Waals surface area (Å²) in [5.74, 6) is -1.05. The minimum atomic E-state index is -0.837. The molecule has 0 rings (SSSR count). The van der Waals surface area contributed by atoms with E-state index in [9.17, 15) is 14.4 Å². The lowest BCUT2D eigenvalue weighted by atomic mass is 10.0. The summed E-state index contributed by atoms with van der Waals surface area (Å²) in [6.45, 7) is 6.32. The van der Waals surface area contributed by atoms with E-state index >= 15 is 0 Å². The van der Waals surface area contributed by atoms with Gasteiger partial charge in [0.15, 0.2) is 6.10 Å². The number of hydrogen-bond acceptors (Lipinski definition) is 6. The van der Waals surface area contributed by atoms with Gasteiger partial charge in [-0.05, 0) is 103 Å². The molecule has 0 fully saturated rings. The first-order chi connectivity index (χ1) is 38.5. The molecule has 0 heterocycles. The Hall–Kier alpha value is -4.71. The number of esters is 3. The molecule has 0 aromatic rings. The van der Waals surface area contributed by atoms with Gasteiger partial charge in [0.25, 0.3) is 0 Å². The number of carbonyl (C=O) groups excluding carboxylic acids is 3. The average molecular weight is 1080 g/mol. The van der Waals surface area contributed by atoms with Crippen molar-refractivity contribution in [2.24, 2.45) is 0 Å². The van der Waals surface area contributed by atoms with Crippen molar-refractivity contribution in [2.45, 2.75) is 277 Å². The molecule has 1 unspecified atom stereocenters. The summed E-state index contributed by atoms with van der Waals surface area (Å²) in [5, 5.41) is 0. The van der Waals surface area contributed by atoms with Crippen molar-refractivity contribution in [3.05, 3.63) is 146 Å². The minimum Gasteiger partial charge on any atom is -0.462 e. The van der Waals surface area contributed by atoms with Crippen molar-refractivity contribution in [2.75, 3.05) is 13.2 Å². The highest BCUT2D eigenvalue weighted by atomic mass is 16.6. The Morgan fingerprint density at radius 3 is 0.846 bits per heavy atom. The molecule has 6 nitrogen and oxygen atoms in total. The molecule has 0 spiro atoms. The van der Waals surface area contributed by atoms with Crippen molar-refractivity contribution in [1.29, 1.82) is 0 Å². The van der Waals surface area contributed by atoms with Gasteiger partial charge < -0.3 is 14.2 Å². The van der Waals surface area contributed by atoms with Gasteiger partial charge in [-0.25, -0.2) is 0 Å². The second-order valence-electron chi connectivity index (χ2n) is 20.6. The molecule has 0 N–H and O–H groups in total. The maximum absolute atomic E-state index is 12.8. The fraction of sp³-hybridized carbons (Fsp3) is 0.625. The van der Waals surface area contributed by atoms with E-state index in [1.165, 1.54) is 116 Å². The monoisotopic (exact) mass is 1080 g/mol. The van der Waals surface area contributed by atoms with Crippen LogP contribution in [0.4, 0.5) is 0 Å². The molecule has 0 aliphatic heterocycles. The lowest BCUT2D eigenvalue weighted by Crippen LogP contribution is -2.30. The molecular weight excluding hydrogens is 961 g/mol. The average Bonchev–Trinajstić information content (AvgIpc) is 3.44. The number of ether oxygens (including phenoxy) is 3. The Morgan fingerprint density at radius 2 is 0.538 bits per heavy atom. The Balaban J connectivity index is 4.28. The second-order valence-corrected chi connectivity index (χ2v) is 20.6. The zero-order valence-corrected chi connectivity index (χ0v) is 50.4. The summed E-state index contributed by atoms with van der Waals surface area (Å²) in [6, 6.07) is 0. The van der Waals surface area contributed by atoms with Crippen LogP contribution >= 0.6 is 0 Å². The molecule has 0 saturated heterocycles. The molecule has 0 aromatic carbocycles. The molecule has 0 amide bonds. The molecule has 0 aliphatic rings. The SMILES string of the molecule is CC/C=C\C/C=C\C/C=C\C/C=C\C/C=C\C/C=C\C/C=C\CCCCCCCCCCCCCC(=O)OCC(COC(=O)CCCCCCCCCCCCCC)OC(=O)C/C=C\C/C=C\C/C=C\C/C=C\C/C=C\CC. The molecule has 6 heteroatoms. The van der Waals surface area contributed by atoms with Gasteiger partial charge in [0.2, 0.25) is 0 Å². The molecule has 1 atom stereocenters. The van der Waals surface area contributed by atoms with Crippen LogP contribution in [0.1, 0.15) is 271 Å². The highest BCUT2D eigenvalue weighted by Crippen LogP contribution is 2.15. The van der Waals surface area contributed by atoms with Crippen LogP contribution in [-0.4, -0.2) is 37.2 Å². The lowest BCUT2D eigenvalue weighted by molar-refractivity contribution is -0.166. The van der Waals surface area contributed by atoms with Crippen molar-refractivity contribution < 1.29 is 28.6 Å². The summed E-state index contributed by atoms with van der Waals surface area (Å²) in [6.07, 6.45) is 93.2. The van der Waals surface area contributed by atoms with E-state index in [0.29, 0.717) is 12.8 Å². The zero-order valence-electron chi connectivity index (χ0n) is 50.4. The van der Waals surface area contributed by atoms with E-state index in [1.54, 1.807) is 6.08 Å². The smallest absolute Gasteiger partial charge is 0.310 e. The topological polar surface area (TPSA) is 78.9 Å². The van der Waals surface area contributed by atoms with Gasteiger partial charge in [0.1, 0.15) is 13.2 Å². The third-order valence-electron chi connectivity index (χ3n) is 13.1. The third-order valence-corrected chi connectivity index (χ3v) is 13.1.